The lowest BCUT2D eigenvalue weighted by atomic mass is 9.86. The van der Waals surface area contributed by atoms with E-state index in [4.69, 9.17) is 10.00 Å². The number of benzene rings is 1. The molecule has 1 aromatic heterocycles. The molecule has 6 heteroatoms. The number of aromatic nitrogens is 2. The summed E-state index contributed by atoms with van der Waals surface area (Å²) in [5, 5.41) is 9.48. The smallest absolute Gasteiger partial charge is 0.306 e. The Labute approximate surface area is 151 Å². The van der Waals surface area contributed by atoms with E-state index in [2.05, 4.69) is 4.98 Å². The van der Waals surface area contributed by atoms with Gasteiger partial charge in [0.25, 0.3) is 5.56 Å². The van der Waals surface area contributed by atoms with Crippen LogP contribution in [-0.4, -0.2) is 15.5 Å². The van der Waals surface area contributed by atoms with Gasteiger partial charge in [0.1, 0.15) is 13.2 Å². The van der Waals surface area contributed by atoms with Crippen LogP contribution in [0.3, 0.4) is 0 Å². The quantitative estimate of drug-likeness (QED) is 0.773. The van der Waals surface area contributed by atoms with E-state index in [9.17, 15) is 9.59 Å². The number of nitrogens with zero attached hydrogens (tertiary/aromatic N) is 3. The van der Waals surface area contributed by atoms with Gasteiger partial charge in [0.05, 0.1) is 17.0 Å². The molecule has 0 saturated heterocycles. The summed E-state index contributed by atoms with van der Waals surface area (Å²) in [7, 11) is 0. The summed E-state index contributed by atoms with van der Waals surface area (Å²) in [6.07, 6.45) is 5.37. The highest BCUT2D eigenvalue weighted by molar-refractivity contribution is 5.77. The van der Waals surface area contributed by atoms with Crippen molar-refractivity contribution in [3.8, 4) is 6.07 Å². The molecule has 0 unspecified atom stereocenters. The largest absolute Gasteiger partial charge is 0.457 e. The van der Waals surface area contributed by atoms with Crippen molar-refractivity contribution < 1.29 is 9.53 Å². The number of esters is 1. The summed E-state index contributed by atoms with van der Waals surface area (Å²) >= 11 is 0. The van der Waals surface area contributed by atoms with E-state index in [0.29, 0.717) is 35.0 Å². The van der Waals surface area contributed by atoms with Crippen molar-refractivity contribution in [2.75, 3.05) is 0 Å². The summed E-state index contributed by atoms with van der Waals surface area (Å²) < 4.78 is 6.70. The van der Waals surface area contributed by atoms with Crippen LogP contribution in [-0.2, 0) is 22.7 Å². The first-order valence-electron chi connectivity index (χ1n) is 9.16. The van der Waals surface area contributed by atoms with Crippen molar-refractivity contribution in [2.24, 2.45) is 17.8 Å². The zero-order valence-electron chi connectivity index (χ0n) is 14.6. The van der Waals surface area contributed by atoms with E-state index in [1.54, 1.807) is 24.3 Å². The molecule has 0 amide bonds. The highest BCUT2D eigenvalue weighted by Gasteiger charge is 2.40. The molecule has 2 aliphatic carbocycles. The minimum atomic E-state index is -0.281. The number of rotatable bonds is 5. The number of para-hydroxylation sites is 1. The topological polar surface area (TPSA) is 85.0 Å². The lowest BCUT2D eigenvalue weighted by Gasteiger charge is -2.20. The average Bonchev–Trinajstić information content (AvgIpc) is 3.26. The molecule has 0 aliphatic heterocycles. The molecule has 2 aromatic rings. The highest BCUT2D eigenvalue weighted by atomic mass is 16.5. The molecule has 2 aliphatic rings. The van der Waals surface area contributed by atoms with Gasteiger partial charge in [0, 0.05) is 6.42 Å². The highest BCUT2D eigenvalue weighted by Crippen LogP contribution is 2.49. The Bertz CT molecular complexity index is 943. The maximum Gasteiger partial charge on any atom is 0.306 e. The molecule has 0 N–H and O–H groups in total. The molecule has 0 spiro atoms. The molecule has 6 nitrogen and oxygen atoms in total. The van der Waals surface area contributed by atoms with E-state index in [0.717, 1.165) is 12.3 Å². The molecule has 26 heavy (non-hydrogen) atoms. The maximum atomic E-state index is 12.6. The molecule has 3 atom stereocenters. The van der Waals surface area contributed by atoms with Gasteiger partial charge >= 0.3 is 5.97 Å². The standard InChI is InChI=1S/C20H21N3O3/c21-7-8-23-18(22-17-4-2-1-3-16(17)20(23)25)12-26-19(24)11-15-10-13-5-6-14(15)9-13/h1-4,13-15H,5-6,8-12H2/t13-,14+,15+/m0/s1. The van der Waals surface area contributed by atoms with E-state index in [1.807, 2.05) is 6.07 Å². The fourth-order valence-corrected chi connectivity index (χ4v) is 4.60. The summed E-state index contributed by atoms with van der Waals surface area (Å²) in [4.78, 5) is 29.3. The molecule has 1 aromatic carbocycles. The molecular weight excluding hydrogens is 330 g/mol. The van der Waals surface area contributed by atoms with Crippen molar-refractivity contribution in [3.63, 3.8) is 0 Å². The number of fused-ring (bicyclic) bond motifs is 3. The van der Waals surface area contributed by atoms with Gasteiger partial charge < -0.3 is 4.74 Å². The van der Waals surface area contributed by atoms with Gasteiger partial charge in [0.15, 0.2) is 5.82 Å². The number of nitriles is 1. The Morgan fingerprint density at radius 2 is 2.15 bits per heavy atom. The van der Waals surface area contributed by atoms with Crippen LogP contribution in [0.4, 0.5) is 0 Å². The Hall–Kier alpha value is -2.68. The van der Waals surface area contributed by atoms with Crippen molar-refractivity contribution in [2.45, 2.75) is 45.3 Å². The Balaban J connectivity index is 1.49. The summed E-state index contributed by atoms with van der Waals surface area (Å²) in [6.45, 7) is -0.197. The zero-order valence-corrected chi connectivity index (χ0v) is 14.6. The average molecular weight is 351 g/mol. The van der Waals surface area contributed by atoms with E-state index in [-0.39, 0.29) is 24.7 Å². The first-order chi connectivity index (χ1) is 12.7. The van der Waals surface area contributed by atoms with E-state index < -0.39 is 0 Å². The van der Waals surface area contributed by atoms with Gasteiger partial charge in [0.2, 0.25) is 0 Å². The normalized spacial score (nSPS) is 23.9. The fraction of sp³-hybridized carbons (Fsp3) is 0.500. The maximum absolute atomic E-state index is 12.6. The molecule has 4 rings (SSSR count). The van der Waals surface area contributed by atoms with Crippen LogP contribution in [0.25, 0.3) is 10.9 Å². The number of carbonyl (C=O) groups excluding carboxylic acids is 1. The molecule has 1 heterocycles. The van der Waals surface area contributed by atoms with Crippen LogP contribution in [0.2, 0.25) is 0 Å². The van der Waals surface area contributed by atoms with Gasteiger partial charge in [-0.2, -0.15) is 5.26 Å². The number of hydrogen-bond donors (Lipinski definition) is 0. The Morgan fingerprint density at radius 1 is 1.31 bits per heavy atom. The second-order valence-corrected chi connectivity index (χ2v) is 7.39. The second-order valence-electron chi connectivity index (χ2n) is 7.39. The van der Waals surface area contributed by atoms with Gasteiger partial charge in [-0.25, -0.2) is 4.98 Å². The molecule has 2 bridgehead atoms. The predicted molar refractivity (Wildman–Crippen MR) is 95.0 cm³/mol. The predicted octanol–water partition coefficient (Wildman–Crippen LogP) is 2.79. The van der Waals surface area contributed by atoms with Crippen molar-refractivity contribution in [3.05, 3.63) is 40.4 Å². The monoisotopic (exact) mass is 351 g/mol. The molecule has 2 saturated carbocycles. The lowest BCUT2D eigenvalue weighted by Crippen LogP contribution is -2.26. The van der Waals surface area contributed by atoms with Crippen molar-refractivity contribution in [1.29, 1.82) is 5.26 Å². The van der Waals surface area contributed by atoms with Crippen LogP contribution in [0.15, 0.2) is 29.1 Å². The van der Waals surface area contributed by atoms with Gasteiger partial charge in [-0.1, -0.05) is 18.6 Å². The lowest BCUT2D eigenvalue weighted by molar-refractivity contribution is -0.146. The van der Waals surface area contributed by atoms with Gasteiger partial charge in [-0.3, -0.25) is 14.2 Å². The zero-order chi connectivity index (χ0) is 18.1. The first kappa shape index (κ1) is 16.8. The summed E-state index contributed by atoms with van der Waals surface area (Å²) in [5.74, 6) is 1.97. The van der Waals surface area contributed by atoms with Crippen LogP contribution in [0.5, 0.6) is 0 Å². The van der Waals surface area contributed by atoms with Gasteiger partial charge in [-0.15, -0.1) is 0 Å². The third kappa shape index (κ3) is 3.10. The van der Waals surface area contributed by atoms with Crippen LogP contribution in [0, 0.1) is 29.1 Å². The van der Waals surface area contributed by atoms with Gasteiger partial charge in [-0.05, 0) is 49.1 Å². The van der Waals surface area contributed by atoms with Crippen LogP contribution >= 0.6 is 0 Å². The minimum absolute atomic E-state index is 0.0819. The van der Waals surface area contributed by atoms with Crippen LogP contribution in [0.1, 0.15) is 37.9 Å². The molecule has 134 valence electrons. The third-order valence-corrected chi connectivity index (χ3v) is 5.85. The Morgan fingerprint density at radius 3 is 2.88 bits per heavy atom. The molecule has 0 radical (unpaired) electrons. The molecule has 2 fully saturated rings. The van der Waals surface area contributed by atoms with Crippen LogP contribution < -0.4 is 5.56 Å². The number of ether oxygens (including phenoxy) is 1. The summed E-state index contributed by atoms with van der Waals surface area (Å²) in [6, 6.07) is 8.97. The molecular formula is C20H21N3O3. The fourth-order valence-electron chi connectivity index (χ4n) is 4.60. The number of hydrogen-bond acceptors (Lipinski definition) is 5. The van der Waals surface area contributed by atoms with E-state index in [1.165, 1.54) is 23.8 Å². The summed E-state index contributed by atoms with van der Waals surface area (Å²) in [5.41, 5.74) is 0.266. The minimum Gasteiger partial charge on any atom is -0.457 e. The van der Waals surface area contributed by atoms with Crippen molar-refractivity contribution in [1.82, 2.24) is 9.55 Å². The third-order valence-electron chi connectivity index (χ3n) is 5.85. The van der Waals surface area contributed by atoms with E-state index >= 15 is 0 Å². The number of carbonyl (C=O) groups is 1. The SMILES string of the molecule is N#CCn1c(COC(=O)C[C@H]2C[C@H]3CC[C@@H]2C3)nc2ccccc2c1=O. The second kappa shape index (κ2) is 6.91. The first-order valence-corrected chi connectivity index (χ1v) is 9.16. The van der Waals surface area contributed by atoms with Crippen molar-refractivity contribution >= 4 is 16.9 Å². The Kier molecular flexibility index (Phi) is 4.46.